The number of ketones is 1. The third kappa shape index (κ3) is 4.21. The average molecular weight is 373 g/mol. The Bertz CT molecular complexity index is 895. The predicted molar refractivity (Wildman–Crippen MR) is 98.9 cm³/mol. The summed E-state index contributed by atoms with van der Waals surface area (Å²) in [7, 11) is 0. The number of halogens is 1. The predicted octanol–water partition coefficient (Wildman–Crippen LogP) is 3.58. The lowest BCUT2D eigenvalue weighted by molar-refractivity contribution is -0.118. The maximum atomic E-state index is 12.3. The summed E-state index contributed by atoms with van der Waals surface area (Å²) in [5.41, 5.74) is 2.40. The molecule has 2 aromatic carbocycles. The minimum atomic E-state index is -0.264. The highest BCUT2D eigenvalue weighted by atomic mass is 35.5. The molecule has 1 aliphatic heterocycles. The fraction of sp³-hybridized carbons (Fsp3) is 0.211. The highest BCUT2D eigenvalue weighted by Gasteiger charge is 2.18. The molecule has 6 nitrogen and oxygen atoms in total. The second-order valence-electron chi connectivity index (χ2n) is 5.98. The third-order valence-corrected chi connectivity index (χ3v) is 4.21. The number of hydrogen-bond acceptors (Lipinski definition) is 4. The molecule has 0 spiro atoms. The van der Waals surface area contributed by atoms with E-state index in [0.717, 1.165) is 5.56 Å². The molecule has 2 amide bonds. The topological polar surface area (TPSA) is 84.5 Å². The van der Waals surface area contributed by atoms with Crippen molar-refractivity contribution in [2.45, 2.75) is 19.8 Å². The van der Waals surface area contributed by atoms with Gasteiger partial charge in [-0.25, -0.2) is 0 Å². The minimum Gasteiger partial charge on any atom is -0.482 e. The Morgan fingerprint density at radius 3 is 2.77 bits per heavy atom. The van der Waals surface area contributed by atoms with E-state index in [0.29, 0.717) is 27.7 Å². The molecule has 26 heavy (non-hydrogen) atoms. The maximum absolute atomic E-state index is 12.3. The quantitative estimate of drug-likeness (QED) is 0.785. The number of hydrogen-bond donors (Lipinski definition) is 2. The van der Waals surface area contributed by atoms with E-state index < -0.39 is 0 Å². The molecule has 0 unspecified atom stereocenters. The molecule has 0 aromatic heterocycles. The molecule has 0 aliphatic carbocycles. The zero-order valence-corrected chi connectivity index (χ0v) is 14.9. The molecule has 0 radical (unpaired) electrons. The van der Waals surface area contributed by atoms with Gasteiger partial charge in [0.1, 0.15) is 5.75 Å². The van der Waals surface area contributed by atoms with E-state index in [1.54, 1.807) is 36.4 Å². The van der Waals surface area contributed by atoms with Crippen LogP contribution in [0.2, 0.25) is 5.02 Å². The van der Waals surface area contributed by atoms with Crippen LogP contribution in [0.25, 0.3) is 0 Å². The molecule has 2 N–H and O–H groups in total. The van der Waals surface area contributed by atoms with Crippen LogP contribution in [0.3, 0.4) is 0 Å². The number of ether oxygens (including phenoxy) is 1. The summed E-state index contributed by atoms with van der Waals surface area (Å²) in [5.74, 6) is -0.175. The largest absolute Gasteiger partial charge is 0.482 e. The molecule has 1 heterocycles. The molecule has 2 aromatic rings. The van der Waals surface area contributed by atoms with Crippen molar-refractivity contribution in [1.29, 1.82) is 0 Å². The first-order valence-corrected chi connectivity index (χ1v) is 8.46. The third-order valence-electron chi connectivity index (χ3n) is 3.98. The Labute approximate surface area is 155 Å². The molecule has 0 bridgehead atoms. The van der Waals surface area contributed by atoms with E-state index in [1.807, 2.05) is 6.92 Å². The average Bonchev–Trinajstić information content (AvgIpc) is 2.61. The van der Waals surface area contributed by atoms with Crippen molar-refractivity contribution < 1.29 is 19.1 Å². The van der Waals surface area contributed by atoms with Gasteiger partial charge in [0.25, 0.3) is 5.91 Å². The normalized spacial score (nSPS) is 12.6. The number of benzene rings is 2. The van der Waals surface area contributed by atoms with Crippen LogP contribution >= 0.6 is 11.6 Å². The molecule has 1 aliphatic rings. The lowest BCUT2D eigenvalue weighted by Crippen LogP contribution is -2.25. The SMILES string of the molecule is Cc1cc(Cl)ccc1NC(=O)CCC(=O)c1ccc2c(c1)NC(=O)CO2. The number of amides is 2. The summed E-state index contributed by atoms with van der Waals surface area (Å²) in [6.07, 6.45) is 0.118. The molecule has 7 heteroatoms. The van der Waals surface area contributed by atoms with E-state index in [2.05, 4.69) is 10.6 Å². The van der Waals surface area contributed by atoms with Crippen LogP contribution in [-0.2, 0) is 9.59 Å². The van der Waals surface area contributed by atoms with Gasteiger partial charge in [-0.3, -0.25) is 14.4 Å². The van der Waals surface area contributed by atoms with Crippen LogP contribution in [0.4, 0.5) is 11.4 Å². The van der Waals surface area contributed by atoms with Crippen LogP contribution < -0.4 is 15.4 Å². The number of anilines is 2. The summed E-state index contributed by atoms with van der Waals surface area (Å²) in [6, 6.07) is 10.0. The van der Waals surface area contributed by atoms with Gasteiger partial charge in [0.2, 0.25) is 5.91 Å². The first-order chi connectivity index (χ1) is 12.4. The highest BCUT2D eigenvalue weighted by Crippen LogP contribution is 2.29. The minimum absolute atomic E-state index is 0.0371. The molecular weight excluding hydrogens is 356 g/mol. The van der Waals surface area contributed by atoms with Crippen molar-refractivity contribution >= 4 is 40.6 Å². The smallest absolute Gasteiger partial charge is 0.262 e. The van der Waals surface area contributed by atoms with Crippen LogP contribution in [0.15, 0.2) is 36.4 Å². The fourth-order valence-electron chi connectivity index (χ4n) is 2.61. The Morgan fingerprint density at radius 2 is 2.00 bits per heavy atom. The van der Waals surface area contributed by atoms with Gasteiger partial charge in [-0.2, -0.15) is 0 Å². The van der Waals surface area contributed by atoms with Gasteiger partial charge >= 0.3 is 0 Å². The van der Waals surface area contributed by atoms with Crippen LogP contribution in [-0.4, -0.2) is 24.2 Å². The standard InChI is InChI=1S/C19H17ClN2O4/c1-11-8-13(20)3-4-14(11)21-18(24)7-5-16(23)12-2-6-17-15(9-12)22-19(25)10-26-17/h2-4,6,8-9H,5,7,10H2,1H3,(H,21,24)(H,22,25). The van der Waals surface area contributed by atoms with Crippen LogP contribution in [0.5, 0.6) is 5.75 Å². The summed E-state index contributed by atoms with van der Waals surface area (Å²) in [6.45, 7) is 1.81. The van der Waals surface area contributed by atoms with Crippen molar-refractivity contribution in [3.8, 4) is 5.75 Å². The summed E-state index contributed by atoms with van der Waals surface area (Å²) >= 11 is 5.89. The number of aryl methyl sites for hydroxylation is 1. The van der Waals surface area contributed by atoms with Crippen LogP contribution in [0, 0.1) is 6.92 Å². The van der Waals surface area contributed by atoms with Gasteiger partial charge in [0, 0.05) is 29.1 Å². The number of rotatable bonds is 5. The fourth-order valence-corrected chi connectivity index (χ4v) is 2.83. The Morgan fingerprint density at radius 1 is 1.19 bits per heavy atom. The zero-order chi connectivity index (χ0) is 18.7. The zero-order valence-electron chi connectivity index (χ0n) is 14.1. The van der Waals surface area contributed by atoms with Crippen molar-refractivity contribution in [3.05, 3.63) is 52.5 Å². The molecule has 3 rings (SSSR count). The van der Waals surface area contributed by atoms with E-state index >= 15 is 0 Å². The molecule has 134 valence electrons. The Hall–Kier alpha value is -2.86. The van der Waals surface area contributed by atoms with Gasteiger partial charge in [-0.15, -0.1) is 0 Å². The summed E-state index contributed by atoms with van der Waals surface area (Å²) in [4.78, 5) is 35.8. The lowest BCUT2D eigenvalue weighted by atomic mass is 10.0. The van der Waals surface area contributed by atoms with E-state index in [4.69, 9.17) is 16.3 Å². The monoisotopic (exact) mass is 372 g/mol. The number of fused-ring (bicyclic) bond motifs is 1. The molecule has 0 saturated carbocycles. The number of carbonyl (C=O) groups is 3. The lowest BCUT2D eigenvalue weighted by Gasteiger charge is -2.18. The van der Waals surface area contributed by atoms with Crippen molar-refractivity contribution in [2.24, 2.45) is 0 Å². The second-order valence-corrected chi connectivity index (χ2v) is 6.41. The number of Topliss-reactive ketones (excluding diaryl/α,β-unsaturated/α-hetero) is 1. The Kier molecular flexibility index (Phi) is 5.23. The molecular formula is C19H17ClN2O4. The van der Waals surface area contributed by atoms with Gasteiger partial charge < -0.3 is 15.4 Å². The van der Waals surface area contributed by atoms with Crippen molar-refractivity contribution in [3.63, 3.8) is 0 Å². The van der Waals surface area contributed by atoms with Gasteiger partial charge in [-0.05, 0) is 48.9 Å². The number of carbonyl (C=O) groups excluding carboxylic acids is 3. The highest BCUT2D eigenvalue weighted by molar-refractivity contribution is 6.30. The molecule has 0 saturated heterocycles. The van der Waals surface area contributed by atoms with E-state index in [9.17, 15) is 14.4 Å². The summed E-state index contributed by atoms with van der Waals surface area (Å²) < 4.78 is 5.26. The Balaban J connectivity index is 1.59. The molecule has 0 fully saturated rings. The first-order valence-electron chi connectivity index (χ1n) is 8.08. The second kappa shape index (κ2) is 7.58. The maximum Gasteiger partial charge on any atom is 0.262 e. The van der Waals surface area contributed by atoms with Crippen LogP contribution in [0.1, 0.15) is 28.8 Å². The van der Waals surface area contributed by atoms with Gasteiger partial charge in [0.05, 0.1) is 5.69 Å². The van der Waals surface area contributed by atoms with Gasteiger partial charge in [-0.1, -0.05) is 11.6 Å². The number of nitrogens with one attached hydrogen (secondary N) is 2. The first kappa shape index (κ1) is 17.9. The van der Waals surface area contributed by atoms with Crippen molar-refractivity contribution in [1.82, 2.24) is 0 Å². The summed E-state index contributed by atoms with van der Waals surface area (Å²) in [5, 5.41) is 6.03. The van der Waals surface area contributed by atoms with Gasteiger partial charge in [0.15, 0.2) is 12.4 Å². The van der Waals surface area contributed by atoms with E-state index in [1.165, 1.54) is 0 Å². The van der Waals surface area contributed by atoms with E-state index in [-0.39, 0.29) is 37.0 Å². The van der Waals surface area contributed by atoms with Crippen molar-refractivity contribution in [2.75, 3.05) is 17.2 Å². The molecule has 0 atom stereocenters.